The number of primary amides is 1. The monoisotopic (exact) mass is 316 g/mol. The summed E-state index contributed by atoms with van der Waals surface area (Å²) in [6.45, 7) is 0. The van der Waals surface area contributed by atoms with E-state index in [9.17, 15) is 31.1 Å². The van der Waals surface area contributed by atoms with Crippen molar-refractivity contribution < 1.29 is 50.9 Å². The van der Waals surface area contributed by atoms with Gasteiger partial charge in [-0.2, -0.15) is 26.3 Å². The molecule has 0 aromatic rings. The van der Waals surface area contributed by atoms with Crippen LogP contribution in [-0.2, 0) is 9.59 Å². The first kappa shape index (κ1) is 22.9. The predicted octanol–water partition coefficient (Wildman–Crippen LogP) is 0.893. The highest BCUT2D eigenvalue weighted by atomic mass is 19.4. The van der Waals surface area contributed by atoms with Crippen LogP contribution in [0.2, 0.25) is 0 Å². The van der Waals surface area contributed by atoms with E-state index in [0.717, 1.165) is 0 Å². The standard InChI is InChI=1S/C3H8N2O.2C2HF3O2/c1-5(2)3(4)6;2*3-2(4,5)1(6)7/h1-2H3,(H2,4,6);2*(H,6,7). The Morgan fingerprint density at radius 2 is 0.950 bits per heavy atom. The van der Waals surface area contributed by atoms with E-state index in [0.29, 0.717) is 0 Å². The van der Waals surface area contributed by atoms with Gasteiger partial charge in [0.05, 0.1) is 0 Å². The average Bonchev–Trinajstić information content (AvgIpc) is 2.15. The molecule has 0 aromatic carbocycles. The second-order valence-electron chi connectivity index (χ2n) is 2.84. The lowest BCUT2D eigenvalue weighted by Crippen LogP contribution is -2.27. The smallest absolute Gasteiger partial charge is 0.475 e. The van der Waals surface area contributed by atoms with E-state index >= 15 is 0 Å². The van der Waals surface area contributed by atoms with Gasteiger partial charge in [-0.15, -0.1) is 0 Å². The highest BCUT2D eigenvalue weighted by Gasteiger charge is 2.38. The van der Waals surface area contributed by atoms with E-state index in [4.69, 9.17) is 25.5 Å². The fraction of sp³-hybridized carbons (Fsp3) is 0.571. The summed E-state index contributed by atoms with van der Waals surface area (Å²) in [5.41, 5.74) is 4.72. The molecular formula is C7H10F6N2O5. The van der Waals surface area contributed by atoms with Crippen LogP contribution in [0.5, 0.6) is 0 Å². The van der Waals surface area contributed by atoms with Crippen LogP contribution in [0, 0.1) is 0 Å². The van der Waals surface area contributed by atoms with Crippen molar-refractivity contribution in [2.45, 2.75) is 12.4 Å². The minimum atomic E-state index is -5.08. The Bertz CT molecular complexity index is 314. The molecule has 0 saturated carbocycles. The van der Waals surface area contributed by atoms with E-state index < -0.39 is 30.3 Å². The molecule has 0 aromatic heterocycles. The van der Waals surface area contributed by atoms with Crippen molar-refractivity contribution in [3.05, 3.63) is 0 Å². The lowest BCUT2D eigenvalue weighted by molar-refractivity contribution is -0.193. The molecule has 7 nitrogen and oxygen atoms in total. The van der Waals surface area contributed by atoms with Gasteiger partial charge in [-0.25, -0.2) is 14.4 Å². The molecule has 0 saturated heterocycles. The normalized spacial score (nSPS) is 10.2. The number of halogens is 6. The molecule has 2 amide bonds. The van der Waals surface area contributed by atoms with E-state index in [2.05, 4.69) is 0 Å². The predicted molar refractivity (Wildman–Crippen MR) is 50.7 cm³/mol. The lowest BCUT2D eigenvalue weighted by Gasteiger charge is -2.01. The topological polar surface area (TPSA) is 121 Å². The molecule has 4 N–H and O–H groups in total. The van der Waals surface area contributed by atoms with Gasteiger partial charge in [-0.1, -0.05) is 0 Å². The van der Waals surface area contributed by atoms with Gasteiger partial charge in [0.25, 0.3) is 0 Å². The second kappa shape index (κ2) is 8.82. The first-order chi connectivity index (χ1) is 8.53. The van der Waals surface area contributed by atoms with Crippen molar-refractivity contribution >= 4 is 18.0 Å². The Labute approximate surface area is 107 Å². The maximum Gasteiger partial charge on any atom is 0.490 e. The van der Waals surface area contributed by atoms with Crippen LogP contribution in [0.3, 0.4) is 0 Å². The van der Waals surface area contributed by atoms with Crippen molar-refractivity contribution in [2.75, 3.05) is 14.1 Å². The number of rotatable bonds is 0. The van der Waals surface area contributed by atoms with E-state index in [-0.39, 0.29) is 0 Å². The highest BCUT2D eigenvalue weighted by Crippen LogP contribution is 2.13. The van der Waals surface area contributed by atoms with E-state index in [1.807, 2.05) is 0 Å². The Morgan fingerprint density at radius 1 is 0.850 bits per heavy atom. The first-order valence-corrected chi connectivity index (χ1v) is 4.10. The molecule has 20 heavy (non-hydrogen) atoms. The van der Waals surface area contributed by atoms with Crippen molar-refractivity contribution in [3.63, 3.8) is 0 Å². The maximum atomic E-state index is 10.6. The quantitative estimate of drug-likeness (QED) is 0.573. The molecule has 0 unspecified atom stereocenters. The number of nitrogens with two attached hydrogens (primary N) is 1. The maximum absolute atomic E-state index is 10.6. The number of carboxylic acid groups (broad SMARTS) is 2. The molecular weight excluding hydrogens is 306 g/mol. The largest absolute Gasteiger partial charge is 0.490 e. The number of aliphatic carboxylic acids is 2. The number of urea groups is 1. The summed E-state index contributed by atoms with van der Waals surface area (Å²) in [6.07, 6.45) is -10.2. The van der Waals surface area contributed by atoms with Crippen LogP contribution >= 0.6 is 0 Å². The molecule has 0 aliphatic heterocycles. The van der Waals surface area contributed by atoms with Crippen molar-refractivity contribution in [2.24, 2.45) is 5.73 Å². The second-order valence-corrected chi connectivity index (χ2v) is 2.84. The van der Waals surface area contributed by atoms with Gasteiger partial charge >= 0.3 is 30.3 Å². The molecule has 0 fully saturated rings. The highest BCUT2D eigenvalue weighted by molar-refractivity contribution is 5.73. The van der Waals surface area contributed by atoms with Crippen LogP contribution in [0.1, 0.15) is 0 Å². The fourth-order valence-electron chi connectivity index (χ4n) is 0. The number of carbonyl (C=O) groups is 3. The molecule has 0 bridgehead atoms. The summed E-state index contributed by atoms with van der Waals surface area (Å²) >= 11 is 0. The number of hydrogen-bond acceptors (Lipinski definition) is 3. The zero-order chi connectivity index (χ0) is 17.3. The molecule has 0 radical (unpaired) electrons. The van der Waals surface area contributed by atoms with E-state index in [1.54, 1.807) is 14.1 Å². The average molecular weight is 316 g/mol. The molecule has 0 rings (SSSR count). The molecule has 120 valence electrons. The minimum absolute atomic E-state index is 0.407. The zero-order valence-electron chi connectivity index (χ0n) is 9.91. The summed E-state index contributed by atoms with van der Waals surface area (Å²) in [6, 6.07) is -0.407. The Hall–Kier alpha value is -2.21. The minimum Gasteiger partial charge on any atom is -0.475 e. The van der Waals surface area contributed by atoms with Gasteiger partial charge in [0, 0.05) is 14.1 Å². The van der Waals surface area contributed by atoms with Crippen molar-refractivity contribution in [3.8, 4) is 0 Å². The number of alkyl halides is 6. The van der Waals surface area contributed by atoms with Gasteiger partial charge < -0.3 is 20.8 Å². The SMILES string of the molecule is CN(C)C(N)=O.O=C(O)C(F)(F)F.O=C(O)C(F)(F)F. The summed E-state index contributed by atoms with van der Waals surface area (Å²) in [5, 5.41) is 14.2. The Morgan fingerprint density at radius 3 is 0.950 bits per heavy atom. The van der Waals surface area contributed by atoms with Gasteiger partial charge in [0.15, 0.2) is 0 Å². The number of carbonyl (C=O) groups excluding carboxylic acids is 1. The van der Waals surface area contributed by atoms with Crippen LogP contribution in [0.25, 0.3) is 0 Å². The molecule has 0 atom stereocenters. The van der Waals surface area contributed by atoms with Crippen LogP contribution in [0.15, 0.2) is 0 Å². The molecule has 0 aliphatic rings. The van der Waals surface area contributed by atoms with Crippen LogP contribution in [-0.4, -0.2) is 59.5 Å². The van der Waals surface area contributed by atoms with Gasteiger partial charge in [-0.05, 0) is 0 Å². The van der Waals surface area contributed by atoms with Crippen molar-refractivity contribution in [1.82, 2.24) is 4.90 Å². The molecule has 13 heteroatoms. The number of carboxylic acids is 2. The molecule has 0 spiro atoms. The third-order valence-corrected chi connectivity index (χ3v) is 0.926. The Kier molecular flexibility index (Phi) is 10.1. The van der Waals surface area contributed by atoms with E-state index in [1.165, 1.54) is 4.90 Å². The molecule has 0 aliphatic carbocycles. The van der Waals surface area contributed by atoms with Gasteiger partial charge in [0.2, 0.25) is 0 Å². The zero-order valence-corrected chi connectivity index (χ0v) is 9.91. The summed E-state index contributed by atoms with van der Waals surface area (Å²) < 4.78 is 63.5. The summed E-state index contributed by atoms with van der Waals surface area (Å²) in [7, 11) is 3.20. The summed E-state index contributed by atoms with van der Waals surface area (Å²) in [4.78, 5) is 28.9. The third kappa shape index (κ3) is 18.2. The van der Waals surface area contributed by atoms with Gasteiger partial charge in [-0.3, -0.25) is 0 Å². The van der Waals surface area contributed by atoms with Crippen LogP contribution in [0.4, 0.5) is 31.1 Å². The first-order valence-electron chi connectivity index (χ1n) is 4.10. The van der Waals surface area contributed by atoms with Crippen LogP contribution < -0.4 is 5.73 Å². The third-order valence-electron chi connectivity index (χ3n) is 0.926. The number of nitrogens with zero attached hydrogens (tertiary/aromatic N) is 1. The number of amides is 2. The lowest BCUT2D eigenvalue weighted by atomic mass is 10.7. The number of hydrogen-bond donors (Lipinski definition) is 3. The Balaban J connectivity index is -0.000000218. The fourth-order valence-corrected chi connectivity index (χ4v) is 0. The molecule has 0 heterocycles. The van der Waals surface area contributed by atoms with Crippen molar-refractivity contribution in [1.29, 1.82) is 0 Å². The summed E-state index contributed by atoms with van der Waals surface area (Å²) in [5.74, 6) is -5.51. The van der Waals surface area contributed by atoms with Gasteiger partial charge in [0.1, 0.15) is 0 Å².